The molecule has 20 heavy (non-hydrogen) atoms. The van der Waals surface area contributed by atoms with Crippen LogP contribution >= 0.6 is 0 Å². The summed E-state index contributed by atoms with van der Waals surface area (Å²) in [5.74, 6) is 0.540. The molecule has 6 heteroatoms. The fourth-order valence-electron chi connectivity index (χ4n) is 1.90. The molecule has 0 aliphatic rings. The van der Waals surface area contributed by atoms with Gasteiger partial charge in [0.1, 0.15) is 11.5 Å². The fourth-order valence-corrected chi connectivity index (χ4v) is 1.90. The Morgan fingerprint density at radius 1 is 1.40 bits per heavy atom. The lowest BCUT2D eigenvalue weighted by atomic mass is 10.1. The highest BCUT2D eigenvalue weighted by Crippen LogP contribution is 2.06. The predicted octanol–water partition coefficient (Wildman–Crippen LogP) is 1.52. The van der Waals surface area contributed by atoms with E-state index in [1.165, 1.54) is 5.56 Å². The van der Waals surface area contributed by atoms with Crippen LogP contribution in [-0.4, -0.2) is 34.7 Å². The summed E-state index contributed by atoms with van der Waals surface area (Å²) < 4.78 is 0. The van der Waals surface area contributed by atoms with Crippen molar-refractivity contribution in [1.29, 1.82) is 0 Å². The number of aromatic nitrogens is 3. The molecule has 0 atom stereocenters. The second-order valence-electron chi connectivity index (χ2n) is 4.54. The molecule has 2 aromatic heterocycles. The van der Waals surface area contributed by atoms with E-state index < -0.39 is 0 Å². The van der Waals surface area contributed by atoms with Gasteiger partial charge in [0.15, 0.2) is 0 Å². The van der Waals surface area contributed by atoms with E-state index in [9.17, 15) is 4.79 Å². The summed E-state index contributed by atoms with van der Waals surface area (Å²) in [5.41, 5.74) is 2.70. The van der Waals surface area contributed by atoms with Gasteiger partial charge in [0.2, 0.25) is 0 Å². The number of pyridine rings is 1. The Kier molecular flexibility index (Phi) is 4.70. The Morgan fingerprint density at radius 2 is 2.25 bits per heavy atom. The lowest BCUT2D eigenvalue weighted by Gasteiger charge is -2.06. The van der Waals surface area contributed by atoms with Crippen LogP contribution in [0.1, 0.15) is 28.2 Å². The third-order valence-electron chi connectivity index (χ3n) is 3.08. The Bertz CT molecular complexity index is 578. The number of rotatable bonds is 6. The van der Waals surface area contributed by atoms with Crippen molar-refractivity contribution in [2.75, 3.05) is 18.9 Å². The summed E-state index contributed by atoms with van der Waals surface area (Å²) in [6.07, 6.45) is 3.60. The molecule has 6 nitrogen and oxygen atoms in total. The summed E-state index contributed by atoms with van der Waals surface area (Å²) in [5, 5.41) is 12.7. The average Bonchev–Trinajstić information content (AvgIpc) is 2.89. The summed E-state index contributed by atoms with van der Waals surface area (Å²) in [6.45, 7) is 2.61. The molecule has 0 aliphatic carbocycles. The highest BCUT2D eigenvalue weighted by molar-refractivity contribution is 5.92. The van der Waals surface area contributed by atoms with Crippen molar-refractivity contribution in [3.8, 4) is 0 Å². The van der Waals surface area contributed by atoms with Gasteiger partial charge in [-0.25, -0.2) is 4.98 Å². The summed E-state index contributed by atoms with van der Waals surface area (Å²) in [6, 6.07) is 5.33. The smallest absolute Gasteiger partial charge is 0.269 e. The van der Waals surface area contributed by atoms with Crippen molar-refractivity contribution < 1.29 is 4.79 Å². The van der Waals surface area contributed by atoms with Gasteiger partial charge in [-0.15, -0.1) is 0 Å². The lowest BCUT2D eigenvalue weighted by Crippen LogP contribution is -2.25. The first kappa shape index (κ1) is 14.0. The average molecular weight is 273 g/mol. The zero-order chi connectivity index (χ0) is 14.4. The van der Waals surface area contributed by atoms with Crippen molar-refractivity contribution in [3.63, 3.8) is 0 Å². The summed E-state index contributed by atoms with van der Waals surface area (Å²) in [4.78, 5) is 16.1. The van der Waals surface area contributed by atoms with E-state index in [0.717, 1.165) is 18.5 Å². The third-order valence-corrected chi connectivity index (χ3v) is 3.08. The number of aryl methyl sites for hydroxylation is 2. The quantitative estimate of drug-likeness (QED) is 0.697. The molecular weight excluding hydrogens is 254 g/mol. The molecule has 0 bridgehead atoms. The maximum absolute atomic E-state index is 11.9. The first-order valence-electron chi connectivity index (χ1n) is 6.62. The van der Waals surface area contributed by atoms with Gasteiger partial charge < -0.3 is 10.6 Å². The molecule has 3 N–H and O–H groups in total. The highest BCUT2D eigenvalue weighted by atomic mass is 16.1. The Balaban J connectivity index is 1.79. The van der Waals surface area contributed by atoms with E-state index in [0.29, 0.717) is 18.1 Å². The topological polar surface area (TPSA) is 82.7 Å². The van der Waals surface area contributed by atoms with Crippen LogP contribution in [0.2, 0.25) is 0 Å². The summed E-state index contributed by atoms with van der Waals surface area (Å²) in [7, 11) is 1.78. The van der Waals surface area contributed by atoms with E-state index in [-0.39, 0.29) is 5.91 Å². The fraction of sp³-hybridized carbons (Fsp3) is 0.357. The van der Waals surface area contributed by atoms with E-state index in [4.69, 9.17) is 0 Å². The maximum Gasteiger partial charge on any atom is 0.269 e. The molecule has 1 amide bonds. The number of carbonyl (C=O) groups excluding carboxylic acids is 1. The first-order chi connectivity index (χ1) is 9.70. The number of nitrogens with one attached hydrogen (secondary N) is 3. The molecule has 2 rings (SSSR count). The molecule has 106 valence electrons. The number of hydrogen-bond donors (Lipinski definition) is 3. The number of H-pyrrole nitrogens is 1. The Hall–Kier alpha value is -2.37. The number of aromatic amines is 1. The molecule has 2 aromatic rings. The number of amides is 1. The van der Waals surface area contributed by atoms with E-state index in [1.54, 1.807) is 13.1 Å². The molecule has 0 saturated heterocycles. The minimum absolute atomic E-state index is 0.147. The molecular formula is C14H19N5O. The molecule has 0 saturated carbocycles. The normalized spacial score (nSPS) is 10.3. The lowest BCUT2D eigenvalue weighted by molar-refractivity contribution is 0.0948. The van der Waals surface area contributed by atoms with Crippen LogP contribution in [-0.2, 0) is 6.42 Å². The number of hydrogen-bond acceptors (Lipinski definition) is 4. The second-order valence-corrected chi connectivity index (χ2v) is 4.54. The van der Waals surface area contributed by atoms with E-state index >= 15 is 0 Å². The van der Waals surface area contributed by atoms with Crippen LogP contribution < -0.4 is 10.6 Å². The minimum atomic E-state index is -0.147. The standard InChI is InChI=1S/C14H19N5O/c1-10-11(9-17-19-10)5-4-8-16-14(20)12-6-3-7-13(15-2)18-12/h3,6-7,9H,4-5,8H2,1-2H3,(H,15,18)(H,16,20)(H,17,19). The zero-order valence-electron chi connectivity index (χ0n) is 11.7. The zero-order valence-corrected chi connectivity index (χ0v) is 11.7. The van der Waals surface area contributed by atoms with Crippen LogP contribution in [0.15, 0.2) is 24.4 Å². The molecule has 0 spiro atoms. The van der Waals surface area contributed by atoms with Gasteiger partial charge in [0, 0.05) is 19.3 Å². The molecule has 0 aliphatic heterocycles. The van der Waals surface area contributed by atoms with Crippen LogP contribution in [0.4, 0.5) is 5.82 Å². The molecule has 0 fully saturated rings. The third kappa shape index (κ3) is 3.57. The van der Waals surface area contributed by atoms with Gasteiger partial charge in [-0.3, -0.25) is 9.89 Å². The Morgan fingerprint density at radius 3 is 2.95 bits per heavy atom. The Labute approximate surface area is 118 Å². The van der Waals surface area contributed by atoms with Crippen LogP contribution in [0.3, 0.4) is 0 Å². The summed E-state index contributed by atoms with van der Waals surface area (Å²) >= 11 is 0. The first-order valence-corrected chi connectivity index (χ1v) is 6.62. The van der Waals surface area contributed by atoms with Crippen molar-refractivity contribution >= 4 is 11.7 Å². The predicted molar refractivity (Wildman–Crippen MR) is 77.8 cm³/mol. The second kappa shape index (κ2) is 6.70. The monoisotopic (exact) mass is 273 g/mol. The molecule has 0 aromatic carbocycles. The van der Waals surface area contributed by atoms with E-state index in [1.807, 2.05) is 25.3 Å². The number of nitrogens with zero attached hydrogens (tertiary/aromatic N) is 2. The minimum Gasteiger partial charge on any atom is -0.373 e. The van der Waals surface area contributed by atoms with Crippen molar-refractivity contribution in [2.45, 2.75) is 19.8 Å². The van der Waals surface area contributed by atoms with Crippen molar-refractivity contribution in [2.24, 2.45) is 0 Å². The van der Waals surface area contributed by atoms with Gasteiger partial charge >= 0.3 is 0 Å². The number of anilines is 1. The van der Waals surface area contributed by atoms with Gasteiger partial charge in [-0.05, 0) is 37.5 Å². The molecule has 0 unspecified atom stereocenters. The SMILES string of the molecule is CNc1cccc(C(=O)NCCCc2cn[nH]c2C)n1. The van der Waals surface area contributed by atoms with Crippen molar-refractivity contribution in [3.05, 3.63) is 41.3 Å². The van der Waals surface area contributed by atoms with Crippen LogP contribution in [0, 0.1) is 6.92 Å². The van der Waals surface area contributed by atoms with E-state index in [2.05, 4.69) is 25.8 Å². The van der Waals surface area contributed by atoms with Crippen LogP contribution in [0.5, 0.6) is 0 Å². The maximum atomic E-state index is 11.9. The van der Waals surface area contributed by atoms with Gasteiger partial charge in [-0.2, -0.15) is 5.10 Å². The molecule has 2 heterocycles. The van der Waals surface area contributed by atoms with Gasteiger partial charge in [0.25, 0.3) is 5.91 Å². The van der Waals surface area contributed by atoms with Gasteiger partial charge in [0.05, 0.1) is 6.20 Å². The van der Waals surface area contributed by atoms with Crippen LogP contribution in [0.25, 0.3) is 0 Å². The van der Waals surface area contributed by atoms with Crippen molar-refractivity contribution in [1.82, 2.24) is 20.5 Å². The largest absolute Gasteiger partial charge is 0.373 e. The number of carbonyl (C=O) groups is 1. The molecule has 0 radical (unpaired) electrons. The highest BCUT2D eigenvalue weighted by Gasteiger charge is 2.07. The van der Waals surface area contributed by atoms with Gasteiger partial charge in [-0.1, -0.05) is 6.07 Å².